The molecule has 8 heteroatoms. The second kappa shape index (κ2) is 7.45. The van der Waals surface area contributed by atoms with Crippen LogP contribution in [-0.2, 0) is 23.9 Å². The number of amides is 1. The molecule has 138 valence electrons. The first-order chi connectivity index (χ1) is 12.3. The highest BCUT2D eigenvalue weighted by molar-refractivity contribution is 6.32. The Labute approximate surface area is 152 Å². The molecule has 0 radical (unpaired) electrons. The van der Waals surface area contributed by atoms with Crippen LogP contribution < -0.4 is 14.8 Å². The molecule has 2 aromatic rings. The molecule has 0 atom stereocenters. The van der Waals surface area contributed by atoms with E-state index in [9.17, 15) is 18.0 Å². The molecule has 1 aliphatic heterocycles. The van der Waals surface area contributed by atoms with Gasteiger partial charge in [0.25, 0.3) is 0 Å². The van der Waals surface area contributed by atoms with Crippen molar-refractivity contribution in [3.8, 4) is 11.5 Å². The van der Waals surface area contributed by atoms with Crippen molar-refractivity contribution < 1.29 is 27.4 Å². The van der Waals surface area contributed by atoms with Crippen molar-refractivity contribution in [2.75, 3.05) is 13.2 Å². The van der Waals surface area contributed by atoms with Crippen LogP contribution in [-0.4, -0.2) is 19.1 Å². The van der Waals surface area contributed by atoms with Gasteiger partial charge in [-0.15, -0.1) is 0 Å². The third kappa shape index (κ3) is 4.40. The van der Waals surface area contributed by atoms with Crippen LogP contribution in [0.1, 0.15) is 16.7 Å². The predicted molar refractivity (Wildman–Crippen MR) is 89.4 cm³/mol. The molecule has 1 aliphatic rings. The lowest BCUT2D eigenvalue weighted by Crippen LogP contribution is -2.25. The molecule has 0 aromatic heterocycles. The second-order valence-electron chi connectivity index (χ2n) is 5.75. The number of halogens is 4. The summed E-state index contributed by atoms with van der Waals surface area (Å²) in [5.74, 6) is 0.698. The largest absolute Gasteiger partial charge is 0.486 e. The van der Waals surface area contributed by atoms with Crippen LogP contribution in [0.2, 0.25) is 5.02 Å². The molecule has 0 unspecified atom stereocenters. The molecule has 0 fully saturated rings. The Morgan fingerprint density at radius 2 is 1.77 bits per heavy atom. The van der Waals surface area contributed by atoms with Gasteiger partial charge in [0.15, 0.2) is 11.5 Å². The zero-order chi connectivity index (χ0) is 18.7. The van der Waals surface area contributed by atoms with Gasteiger partial charge in [-0.2, -0.15) is 13.2 Å². The fraction of sp³-hybridized carbons (Fsp3) is 0.278. The fourth-order valence-electron chi connectivity index (χ4n) is 2.53. The maximum Gasteiger partial charge on any atom is 0.416 e. The zero-order valence-electron chi connectivity index (χ0n) is 13.5. The minimum atomic E-state index is -4.39. The maximum absolute atomic E-state index is 12.5. The molecule has 0 saturated heterocycles. The lowest BCUT2D eigenvalue weighted by molar-refractivity contribution is -0.137. The second-order valence-corrected chi connectivity index (χ2v) is 6.16. The summed E-state index contributed by atoms with van der Waals surface area (Å²) >= 11 is 6.13. The first kappa shape index (κ1) is 18.4. The lowest BCUT2D eigenvalue weighted by atomic mass is 10.1. The Morgan fingerprint density at radius 1 is 1.08 bits per heavy atom. The van der Waals surface area contributed by atoms with E-state index in [1.54, 1.807) is 12.1 Å². The summed E-state index contributed by atoms with van der Waals surface area (Å²) in [4.78, 5) is 12.0. The smallest absolute Gasteiger partial charge is 0.416 e. The van der Waals surface area contributed by atoms with Crippen LogP contribution in [0.3, 0.4) is 0 Å². The van der Waals surface area contributed by atoms with Crippen LogP contribution in [0.15, 0.2) is 36.4 Å². The molecule has 3 rings (SSSR count). The minimum Gasteiger partial charge on any atom is -0.486 e. The van der Waals surface area contributed by atoms with Gasteiger partial charge in [0.2, 0.25) is 5.91 Å². The van der Waals surface area contributed by atoms with Gasteiger partial charge in [-0.1, -0.05) is 23.7 Å². The number of alkyl halides is 3. The van der Waals surface area contributed by atoms with Gasteiger partial charge >= 0.3 is 6.18 Å². The van der Waals surface area contributed by atoms with E-state index in [0.29, 0.717) is 35.3 Å². The Kier molecular flexibility index (Phi) is 5.27. The number of carbonyl (C=O) groups excluding carboxylic acids is 1. The predicted octanol–water partition coefficient (Wildman–Crippen LogP) is 3.99. The van der Waals surface area contributed by atoms with Crippen LogP contribution in [0.25, 0.3) is 0 Å². The molecule has 1 heterocycles. The maximum atomic E-state index is 12.5. The minimum absolute atomic E-state index is 0.0174. The van der Waals surface area contributed by atoms with Gasteiger partial charge < -0.3 is 14.8 Å². The summed E-state index contributed by atoms with van der Waals surface area (Å²) in [6.45, 7) is 1.07. The molecular weight excluding hydrogens is 371 g/mol. The van der Waals surface area contributed by atoms with Crippen molar-refractivity contribution in [1.82, 2.24) is 5.32 Å². The molecule has 26 heavy (non-hydrogen) atoms. The molecule has 1 N–H and O–H groups in total. The number of rotatable bonds is 4. The molecule has 2 aromatic carbocycles. The summed E-state index contributed by atoms with van der Waals surface area (Å²) in [5.41, 5.74) is 0.489. The van der Waals surface area contributed by atoms with Crippen molar-refractivity contribution in [1.29, 1.82) is 0 Å². The third-order valence-corrected chi connectivity index (χ3v) is 4.07. The van der Waals surface area contributed by atoms with Crippen LogP contribution in [0, 0.1) is 0 Å². The van der Waals surface area contributed by atoms with Crippen LogP contribution >= 0.6 is 11.6 Å². The van der Waals surface area contributed by atoms with E-state index in [0.717, 1.165) is 17.7 Å². The van der Waals surface area contributed by atoms with Crippen LogP contribution in [0.4, 0.5) is 13.2 Å². The molecular formula is C18H15ClF3NO3. The van der Waals surface area contributed by atoms with Crippen LogP contribution in [0.5, 0.6) is 11.5 Å². The summed E-state index contributed by atoms with van der Waals surface area (Å²) in [7, 11) is 0. The average Bonchev–Trinajstić information content (AvgIpc) is 2.60. The highest BCUT2D eigenvalue weighted by Crippen LogP contribution is 2.38. The standard InChI is InChI=1S/C18H15ClF3NO3/c19-14-7-12(8-15-17(14)26-6-5-25-15)10-23-16(24)9-11-1-3-13(4-2-11)18(20,21)22/h1-4,7-8H,5-6,9-10H2,(H,23,24). The highest BCUT2D eigenvalue weighted by Gasteiger charge is 2.30. The lowest BCUT2D eigenvalue weighted by Gasteiger charge is -2.20. The first-order valence-corrected chi connectivity index (χ1v) is 8.21. The molecule has 0 aliphatic carbocycles. The quantitative estimate of drug-likeness (QED) is 0.865. The number of hydrogen-bond acceptors (Lipinski definition) is 3. The monoisotopic (exact) mass is 385 g/mol. The Hall–Kier alpha value is -2.41. The van der Waals surface area contributed by atoms with Gasteiger partial charge in [-0.25, -0.2) is 0 Å². The summed E-state index contributed by atoms with van der Waals surface area (Å²) in [6, 6.07) is 7.92. The summed E-state index contributed by atoms with van der Waals surface area (Å²) in [5, 5.41) is 3.11. The van der Waals surface area contributed by atoms with Crippen molar-refractivity contribution in [3.63, 3.8) is 0 Å². The normalized spacial score (nSPS) is 13.4. The number of ether oxygens (including phenoxy) is 2. The highest BCUT2D eigenvalue weighted by atomic mass is 35.5. The van der Waals surface area contributed by atoms with Gasteiger partial charge in [0.05, 0.1) is 17.0 Å². The van der Waals surface area contributed by atoms with Gasteiger partial charge in [0.1, 0.15) is 13.2 Å². The van der Waals surface area contributed by atoms with E-state index in [1.165, 1.54) is 12.1 Å². The van der Waals surface area contributed by atoms with Crippen molar-refractivity contribution in [2.24, 2.45) is 0 Å². The average molecular weight is 386 g/mol. The van der Waals surface area contributed by atoms with Crippen molar-refractivity contribution in [2.45, 2.75) is 19.1 Å². The number of hydrogen-bond donors (Lipinski definition) is 1. The Morgan fingerprint density at radius 3 is 2.46 bits per heavy atom. The van der Waals surface area contributed by atoms with Gasteiger partial charge in [-0.05, 0) is 35.4 Å². The van der Waals surface area contributed by atoms with Gasteiger partial charge in [-0.3, -0.25) is 4.79 Å². The van der Waals surface area contributed by atoms with E-state index in [2.05, 4.69) is 5.32 Å². The Bertz CT molecular complexity index is 807. The van der Waals surface area contributed by atoms with E-state index in [-0.39, 0.29) is 18.9 Å². The Balaban J connectivity index is 1.58. The van der Waals surface area contributed by atoms with E-state index in [1.807, 2.05) is 0 Å². The molecule has 0 bridgehead atoms. The number of carbonyl (C=O) groups is 1. The molecule has 0 spiro atoms. The van der Waals surface area contributed by atoms with Gasteiger partial charge in [0, 0.05) is 6.54 Å². The summed E-state index contributed by atoms with van der Waals surface area (Å²) in [6.07, 6.45) is -4.41. The SMILES string of the molecule is O=C(Cc1ccc(C(F)(F)F)cc1)NCc1cc(Cl)c2c(c1)OCCO2. The van der Waals surface area contributed by atoms with E-state index < -0.39 is 11.7 Å². The van der Waals surface area contributed by atoms with E-state index in [4.69, 9.17) is 21.1 Å². The molecule has 1 amide bonds. The first-order valence-electron chi connectivity index (χ1n) is 7.84. The number of fused-ring (bicyclic) bond motifs is 1. The number of nitrogens with one attached hydrogen (secondary N) is 1. The topological polar surface area (TPSA) is 47.6 Å². The fourth-order valence-corrected chi connectivity index (χ4v) is 2.81. The summed E-state index contributed by atoms with van der Waals surface area (Å²) < 4.78 is 48.5. The van der Waals surface area contributed by atoms with E-state index >= 15 is 0 Å². The molecule has 4 nitrogen and oxygen atoms in total. The van der Waals surface area contributed by atoms with Crippen molar-refractivity contribution >= 4 is 17.5 Å². The van der Waals surface area contributed by atoms with Crippen molar-refractivity contribution in [3.05, 3.63) is 58.1 Å². The number of benzene rings is 2. The third-order valence-electron chi connectivity index (χ3n) is 3.79. The molecule has 0 saturated carbocycles. The zero-order valence-corrected chi connectivity index (χ0v) is 14.3.